The van der Waals surface area contributed by atoms with Crippen LogP contribution in [-0.4, -0.2) is 5.38 Å². The van der Waals surface area contributed by atoms with Crippen LogP contribution in [-0.2, 0) is 6.42 Å². The maximum atomic E-state index is 6.30. The normalized spacial score (nSPS) is 29.6. The van der Waals surface area contributed by atoms with Crippen molar-refractivity contribution >= 4 is 11.6 Å². The van der Waals surface area contributed by atoms with Crippen LogP contribution in [0.4, 0.5) is 0 Å². The second kappa shape index (κ2) is 4.79. The van der Waals surface area contributed by atoms with Gasteiger partial charge in [0.2, 0.25) is 0 Å². The Balaban J connectivity index is 2.15. The molecule has 1 saturated carbocycles. The Hall–Kier alpha value is -0.490. The van der Waals surface area contributed by atoms with E-state index in [4.69, 9.17) is 11.6 Å². The number of halogens is 1. The van der Waals surface area contributed by atoms with Crippen molar-refractivity contribution in [2.45, 2.75) is 45.4 Å². The number of alkyl halides is 1. The molecule has 0 aromatic heterocycles. The SMILES string of the molecule is Cc1cccc(C)c1CC1CCC(Cl)C1C. The van der Waals surface area contributed by atoms with Crippen LogP contribution in [0.1, 0.15) is 36.5 Å². The Morgan fingerprint density at radius 3 is 2.31 bits per heavy atom. The largest absolute Gasteiger partial charge is 0.123 e. The second-order valence-corrected chi connectivity index (χ2v) is 5.85. The van der Waals surface area contributed by atoms with Gasteiger partial charge in [-0.1, -0.05) is 25.1 Å². The molecule has 3 atom stereocenters. The van der Waals surface area contributed by atoms with Crippen LogP contribution in [0.15, 0.2) is 18.2 Å². The van der Waals surface area contributed by atoms with Crippen molar-refractivity contribution in [2.75, 3.05) is 0 Å². The molecule has 16 heavy (non-hydrogen) atoms. The summed E-state index contributed by atoms with van der Waals surface area (Å²) in [5, 5.41) is 0.398. The van der Waals surface area contributed by atoms with Crippen LogP contribution >= 0.6 is 11.6 Å². The van der Waals surface area contributed by atoms with E-state index in [2.05, 4.69) is 39.0 Å². The molecule has 2 rings (SSSR count). The lowest BCUT2D eigenvalue weighted by atomic mass is 9.87. The Morgan fingerprint density at radius 1 is 1.19 bits per heavy atom. The number of hydrogen-bond donors (Lipinski definition) is 0. The van der Waals surface area contributed by atoms with E-state index in [9.17, 15) is 0 Å². The Kier molecular flexibility index (Phi) is 3.59. The van der Waals surface area contributed by atoms with Crippen LogP contribution in [0.2, 0.25) is 0 Å². The van der Waals surface area contributed by atoms with E-state index in [0.29, 0.717) is 11.3 Å². The molecule has 1 aromatic carbocycles. The summed E-state index contributed by atoms with van der Waals surface area (Å²) in [4.78, 5) is 0. The van der Waals surface area contributed by atoms with Crippen LogP contribution in [0.5, 0.6) is 0 Å². The third-order valence-corrected chi connectivity index (χ3v) is 4.85. The average Bonchev–Trinajstić information content (AvgIpc) is 2.55. The standard InChI is InChI=1S/C15H21Cl/c1-10-5-4-6-11(2)14(10)9-13-7-8-15(16)12(13)3/h4-6,12-13,15H,7-9H2,1-3H3. The molecule has 0 aliphatic heterocycles. The fourth-order valence-electron chi connectivity index (χ4n) is 2.92. The molecule has 0 N–H and O–H groups in total. The van der Waals surface area contributed by atoms with E-state index in [1.54, 1.807) is 5.56 Å². The summed E-state index contributed by atoms with van der Waals surface area (Å²) in [6.07, 6.45) is 3.70. The predicted octanol–water partition coefficient (Wildman–Crippen LogP) is 4.50. The van der Waals surface area contributed by atoms with Crippen molar-refractivity contribution in [3.05, 3.63) is 34.9 Å². The summed E-state index contributed by atoms with van der Waals surface area (Å²) < 4.78 is 0. The summed E-state index contributed by atoms with van der Waals surface area (Å²) >= 11 is 6.30. The molecule has 0 spiro atoms. The van der Waals surface area contributed by atoms with Crippen LogP contribution in [0.3, 0.4) is 0 Å². The molecule has 1 heteroatoms. The van der Waals surface area contributed by atoms with Gasteiger partial charge in [0, 0.05) is 5.38 Å². The van der Waals surface area contributed by atoms with Crippen LogP contribution < -0.4 is 0 Å². The van der Waals surface area contributed by atoms with Gasteiger partial charge in [0.15, 0.2) is 0 Å². The van der Waals surface area contributed by atoms with Crippen molar-refractivity contribution in [1.82, 2.24) is 0 Å². The fraction of sp³-hybridized carbons (Fsp3) is 0.600. The minimum absolute atomic E-state index is 0.398. The van der Waals surface area contributed by atoms with Gasteiger partial charge < -0.3 is 0 Å². The summed E-state index contributed by atoms with van der Waals surface area (Å²) in [5.41, 5.74) is 4.42. The van der Waals surface area contributed by atoms with Gasteiger partial charge in [0.1, 0.15) is 0 Å². The smallest absolute Gasteiger partial charge is 0.0364 e. The molecule has 0 amide bonds. The summed E-state index contributed by atoms with van der Waals surface area (Å²) in [5.74, 6) is 1.45. The molecular formula is C15H21Cl. The first-order chi connectivity index (χ1) is 7.59. The zero-order valence-corrected chi connectivity index (χ0v) is 11.2. The minimum atomic E-state index is 0.398. The van der Waals surface area contributed by atoms with Gasteiger partial charge in [0.25, 0.3) is 0 Å². The molecule has 88 valence electrons. The van der Waals surface area contributed by atoms with E-state index in [0.717, 1.165) is 5.92 Å². The minimum Gasteiger partial charge on any atom is -0.123 e. The lowest BCUT2D eigenvalue weighted by Gasteiger charge is -2.19. The molecule has 1 aromatic rings. The van der Waals surface area contributed by atoms with Gasteiger partial charge in [-0.2, -0.15) is 0 Å². The molecule has 0 nitrogen and oxygen atoms in total. The molecule has 3 unspecified atom stereocenters. The van der Waals surface area contributed by atoms with Crippen molar-refractivity contribution in [1.29, 1.82) is 0 Å². The lowest BCUT2D eigenvalue weighted by molar-refractivity contribution is 0.418. The second-order valence-electron chi connectivity index (χ2n) is 5.29. The molecule has 1 fully saturated rings. The highest BCUT2D eigenvalue weighted by atomic mass is 35.5. The first kappa shape index (κ1) is 12.0. The monoisotopic (exact) mass is 236 g/mol. The summed E-state index contributed by atoms with van der Waals surface area (Å²) in [7, 11) is 0. The van der Waals surface area contributed by atoms with E-state index >= 15 is 0 Å². The van der Waals surface area contributed by atoms with Gasteiger partial charge >= 0.3 is 0 Å². The number of rotatable bonds is 2. The lowest BCUT2D eigenvalue weighted by Crippen LogP contribution is -2.14. The third kappa shape index (κ3) is 2.27. The van der Waals surface area contributed by atoms with Gasteiger partial charge in [-0.25, -0.2) is 0 Å². The zero-order valence-electron chi connectivity index (χ0n) is 10.5. The molecule has 1 aliphatic rings. The van der Waals surface area contributed by atoms with Crippen molar-refractivity contribution in [3.63, 3.8) is 0 Å². The molecule has 0 bridgehead atoms. The number of hydrogen-bond acceptors (Lipinski definition) is 0. The van der Waals surface area contributed by atoms with E-state index < -0.39 is 0 Å². The Labute approximate surface area is 104 Å². The number of benzene rings is 1. The quantitative estimate of drug-likeness (QED) is 0.664. The first-order valence-electron chi connectivity index (χ1n) is 6.28. The molecular weight excluding hydrogens is 216 g/mol. The van der Waals surface area contributed by atoms with Crippen molar-refractivity contribution < 1.29 is 0 Å². The fourth-order valence-corrected chi connectivity index (χ4v) is 3.25. The Bertz CT molecular complexity index is 349. The van der Waals surface area contributed by atoms with E-state index in [1.807, 2.05) is 0 Å². The van der Waals surface area contributed by atoms with Gasteiger partial charge in [-0.3, -0.25) is 0 Å². The van der Waals surface area contributed by atoms with Crippen molar-refractivity contribution in [3.8, 4) is 0 Å². The summed E-state index contributed by atoms with van der Waals surface area (Å²) in [6.45, 7) is 6.75. The molecule has 0 saturated heterocycles. The predicted molar refractivity (Wildman–Crippen MR) is 71.1 cm³/mol. The van der Waals surface area contributed by atoms with Crippen molar-refractivity contribution in [2.24, 2.45) is 11.8 Å². The van der Waals surface area contributed by atoms with E-state index in [-0.39, 0.29) is 0 Å². The topological polar surface area (TPSA) is 0 Å². The first-order valence-corrected chi connectivity index (χ1v) is 6.72. The highest BCUT2D eigenvalue weighted by Crippen LogP contribution is 2.38. The molecule has 0 radical (unpaired) electrons. The van der Waals surface area contributed by atoms with Crippen LogP contribution in [0.25, 0.3) is 0 Å². The van der Waals surface area contributed by atoms with Gasteiger partial charge in [0.05, 0.1) is 0 Å². The highest BCUT2D eigenvalue weighted by Gasteiger charge is 2.31. The average molecular weight is 237 g/mol. The highest BCUT2D eigenvalue weighted by molar-refractivity contribution is 6.20. The van der Waals surface area contributed by atoms with Crippen LogP contribution in [0, 0.1) is 25.7 Å². The zero-order chi connectivity index (χ0) is 11.7. The Morgan fingerprint density at radius 2 is 1.81 bits per heavy atom. The maximum absolute atomic E-state index is 6.30. The van der Waals surface area contributed by atoms with E-state index in [1.165, 1.54) is 30.4 Å². The summed E-state index contributed by atoms with van der Waals surface area (Å²) in [6, 6.07) is 6.59. The van der Waals surface area contributed by atoms with Gasteiger partial charge in [-0.05, 0) is 61.6 Å². The maximum Gasteiger partial charge on any atom is 0.0364 e. The van der Waals surface area contributed by atoms with Gasteiger partial charge in [-0.15, -0.1) is 11.6 Å². The molecule has 1 aliphatic carbocycles. The third-order valence-electron chi connectivity index (χ3n) is 4.24. The molecule has 0 heterocycles. The number of aryl methyl sites for hydroxylation is 2.